The minimum atomic E-state index is -0.561. The molecule has 4 heteroatoms. The summed E-state index contributed by atoms with van der Waals surface area (Å²) in [6, 6.07) is 13.7. The van der Waals surface area contributed by atoms with Crippen molar-refractivity contribution in [3.05, 3.63) is 64.0 Å². The second-order valence-electron chi connectivity index (χ2n) is 9.93. The Hall–Kier alpha value is -2.88. The number of Topliss-reactive ketones (excluding diaryl/α,β-unsaturated/α-hetero) is 1. The molecule has 0 spiro atoms. The van der Waals surface area contributed by atoms with Crippen molar-refractivity contribution in [3.8, 4) is 16.9 Å². The number of hydrogen-bond acceptors (Lipinski definition) is 4. The van der Waals surface area contributed by atoms with Gasteiger partial charge in [0.1, 0.15) is 11.3 Å². The lowest BCUT2D eigenvalue weighted by Gasteiger charge is -2.24. The van der Waals surface area contributed by atoms with Crippen molar-refractivity contribution in [2.24, 2.45) is 5.41 Å². The van der Waals surface area contributed by atoms with E-state index in [4.69, 9.17) is 9.15 Å². The number of ketones is 1. The SMILES string of the molecule is CC.CCC(C)c1cc(CC(C)(C)CC)ccc1-c1cc(=O)oc2cc(O[C@H](C)C(C)=O)ccc12. The Bertz CT molecular complexity index is 1200. The van der Waals surface area contributed by atoms with Gasteiger partial charge in [0.25, 0.3) is 0 Å². The summed E-state index contributed by atoms with van der Waals surface area (Å²) < 4.78 is 11.2. The summed E-state index contributed by atoms with van der Waals surface area (Å²) >= 11 is 0. The fraction of sp³-hybridized carbons (Fsp3) is 0.484. The van der Waals surface area contributed by atoms with Crippen LogP contribution in [0.4, 0.5) is 0 Å². The zero-order valence-electron chi connectivity index (χ0n) is 23.0. The maximum Gasteiger partial charge on any atom is 0.336 e. The highest BCUT2D eigenvalue weighted by molar-refractivity contribution is 5.95. The van der Waals surface area contributed by atoms with E-state index < -0.39 is 11.7 Å². The molecule has 0 N–H and O–H groups in total. The largest absolute Gasteiger partial charge is 0.483 e. The van der Waals surface area contributed by atoms with Crippen LogP contribution >= 0.6 is 0 Å². The van der Waals surface area contributed by atoms with Gasteiger partial charge in [0, 0.05) is 23.1 Å². The van der Waals surface area contributed by atoms with Gasteiger partial charge in [-0.25, -0.2) is 4.79 Å². The van der Waals surface area contributed by atoms with Crippen LogP contribution in [0.5, 0.6) is 5.75 Å². The lowest BCUT2D eigenvalue weighted by Crippen LogP contribution is -2.20. The van der Waals surface area contributed by atoms with Gasteiger partial charge >= 0.3 is 5.63 Å². The summed E-state index contributed by atoms with van der Waals surface area (Å²) in [5.41, 5.74) is 4.79. The van der Waals surface area contributed by atoms with Crippen molar-refractivity contribution < 1.29 is 13.9 Å². The first kappa shape index (κ1) is 28.4. The van der Waals surface area contributed by atoms with Crippen LogP contribution in [-0.2, 0) is 11.2 Å². The van der Waals surface area contributed by atoms with E-state index in [0.717, 1.165) is 35.8 Å². The molecule has 190 valence electrons. The fourth-order valence-corrected chi connectivity index (χ4v) is 4.00. The second-order valence-corrected chi connectivity index (χ2v) is 9.93. The molecule has 0 aliphatic heterocycles. The van der Waals surface area contributed by atoms with Gasteiger partial charge in [-0.05, 0) is 66.8 Å². The van der Waals surface area contributed by atoms with Gasteiger partial charge in [-0.15, -0.1) is 0 Å². The zero-order chi connectivity index (χ0) is 26.3. The fourth-order valence-electron chi connectivity index (χ4n) is 4.00. The smallest absolute Gasteiger partial charge is 0.336 e. The topological polar surface area (TPSA) is 56.5 Å². The van der Waals surface area contributed by atoms with Gasteiger partial charge in [-0.1, -0.05) is 73.1 Å². The van der Waals surface area contributed by atoms with Crippen LogP contribution in [0.1, 0.15) is 92.2 Å². The molecule has 0 fully saturated rings. The van der Waals surface area contributed by atoms with E-state index >= 15 is 0 Å². The van der Waals surface area contributed by atoms with Crippen LogP contribution in [0.15, 0.2) is 51.7 Å². The number of rotatable bonds is 9. The summed E-state index contributed by atoms with van der Waals surface area (Å²) in [7, 11) is 0. The molecule has 0 saturated heterocycles. The normalized spacial score (nSPS) is 13.1. The number of carbonyl (C=O) groups is 1. The third-order valence-electron chi connectivity index (χ3n) is 6.79. The predicted octanol–water partition coefficient (Wildman–Crippen LogP) is 8.33. The van der Waals surface area contributed by atoms with Gasteiger partial charge < -0.3 is 9.15 Å². The molecule has 1 unspecified atom stereocenters. The van der Waals surface area contributed by atoms with Crippen molar-refractivity contribution in [3.63, 3.8) is 0 Å². The molecule has 0 radical (unpaired) electrons. The Balaban J connectivity index is 0.00000210. The van der Waals surface area contributed by atoms with Crippen LogP contribution in [-0.4, -0.2) is 11.9 Å². The average Bonchev–Trinajstić information content (AvgIpc) is 2.83. The maximum atomic E-state index is 12.5. The first-order valence-electron chi connectivity index (χ1n) is 12.9. The van der Waals surface area contributed by atoms with Gasteiger partial charge in [0.05, 0.1) is 0 Å². The molecule has 0 amide bonds. The van der Waals surface area contributed by atoms with Gasteiger partial charge in [0.15, 0.2) is 11.9 Å². The number of benzene rings is 2. The van der Waals surface area contributed by atoms with Crippen molar-refractivity contribution in [2.75, 3.05) is 0 Å². The number of fused-ring (bicyclic) bond motifs is 1. The summed E-state index contributed by atoms with van der Waals surface area (Å²) in [4.78, 5) is 24.1. The van der Waals surface area contributed by atoms with Crippen molar-refractivity contribution >= 4 is 16.8 Å². The van der Waals surface area contributed by atoms with E-state index in [1.165, 1.54) is 18.1 Å². The first-order chi connectivity index (χ1) is 16.5. The molecule has 0 aliphatic carbocycles. The van der Waals surface area contributed by atoms with E-state index in [-0.39, 0.29) is 11.2 Å². The third-order valence-corrected chi connectivity index (χ3v) is 6.79. The summed E-state index contributed by atoms with van der Waals surface area (Å²) in [6.45, 7) is 18.4. The first-order valence-corrected chi connectivity index (χ1v) is 12.9. The lowest BCUT2D eigenvalue weighted by molar-refractivity contribution is -0.122. The molecule has 3 aromatic rings. The van der Waals surface area contributed by atoms with Crippen molar-refractivity contribution in [2.45, 2.75) is 93.6 Å². The highest BCUT2D eigenvalue weighted by Gasteiger charge is 2.20. The third kappa shape index (κ3) is 7.06. The number of carbonyl (C=O) groups excluding carboxylic acids is 1. The summed E-state index contributed by atoms with van der Waals surface area (Å²) in [5.74, 6) is 0.797. The zero-order valence-corrected chi connectivity index (χ0v) is 23.0. The van der Waals surface area contributed by atoms with Gasteiger partial charge in [-0.2, -0.15) is 0 Å². The lowest BCUT2D eigenvalue weighted by atomic mass is 9.81. The minimum absolute atomic E-state index is 0.0603. The van der Waals surface area contributed by atoms with E-state index in [1.807, 2.05) is 26.0 Å². The van der Waals surface area contributed by atoms with Crippen LogP contribution in [0.2, 0.25) is 0 Å². The molecule has 1 heterocycles. The number of ether oxygens (including phenoxy) is 1. The highest BCUT2D eigenvalue weighted by atomic mass is 16.5. The standard InChI is InChI=1S/C29H36O4.C2H6/c1-8-18(3)25-14-21(17-29(6,7)9-2)10-12-23(25)26-16-28(31)33-27-15-22(11-13-24(26)27)32-20(5)19(4)30;1-2/h10-16,18,20H,8-9,17H2,1-7H3;1-2H3/t18?,20-;/m1./s1. The Labute approximate surface area is 210 Å². The Morgan fingerprint density at radius 2 is 1.69 bits per heavy atom. The monoisotopic (exact) mass is 478 g/mol. The minimum Gasteiger partial charge on any atom is -0.483 e. The van der Waals surface area contributed by atoms with Gasteiger partial charge in [0.2, 0.25) is 0 Å². The Kier molecular flexibility index (Phi) is 9.88. The maximum absolute atomic E-state index is 12.5. The highest BCUT2D eigenvalue weighted by Crippen LogP contribution is 2.37. The molecule has 1 aromatic heterocycles. The number of hydrogen-bond donors (Lipinski definition) is 0. The molecule has 35 heavy (non-hydrogen) atoms. The van der Waals surface area contributed by atoms with E-state index in [9.17, 15) is 9.59 Å². The Morgan fingerprint density at radius 3 is 2.29 bits per heavy atom. The molecule has 4 nitrogen and oxygen atoms in total. The van der Waals surface area contributed by atoms with Crippen molar-refractivity contribution in [1.82, 2.24) is 0 Å². The second kappa shape index (κ2) is 12.2. The summed E-state index contributed by atoms with van der Waals surface area (Å²) in [5, 5.41) is 0.851. The van der Waals surface area contributed by atoms with E-state index in [1.54, 1.807) is 19.1 Å². The van der Waals surface area contributed by atoms with Gasteiger partial charge in [-0.3, -0.25) is 4.79 Å². The van der Waals surface area contributed by atoms with Crippen molar-refractivity contribution in [1.29, 1.82) is 0 Å². The van der Waals surface area contributed by atoms with Crippen LogP contribution < -0.4 is 10.4 Å². The van der Waals surface area contributed by atoms with Crippen LogP contribution in [0.3, 0.4) is 0 Å². The molecule has 2 atom stereocenters. The summed E-state index contributed by atoms with van der Waals surface area (Å²) in [6.07, 6.45) is 2.58. The average molecular weight is 479 g/mol. The van der Waals surface area contributed by atoms with E-state index in [0.29, 0.717) is 17.3 Å². The molecule has 3 rings (SSSR count). The quantitative estimate of drug-likeness (QED) is 0.290. The molecule has 0 saturated carbocycles. The molecule has 2 aromatic carbocycles. The molecular formula is C31H42O4. The molecule has 0 bridgehead atoms. The van der Waals surface area contributed by atoms with Crippen LogP contribution in [0.25, 0.3) is 22.1 Å². The molecule has 0 aliphatic rings. The molecular weight excluding hydrogens is 436 g/mol. The van der Waals surface area contributed by atoms with E-state index in [2.05, 4.69) is 52.8 Å². The van der Waals surface area contributed by atoms with Crippen LogP contribution in [0, 0.1) is 5.41 Å². The predicted molar refractivity (Wildman–Crippen MR) is 147 cm³/mol. The Morgan fingerprint density at radius 1 is 1.00 bits per heavy atom.